The Morgan fingerprint density at radius 1 is 1.14 bits per heavy atom. The summed E-state index contributed by atoms with van der Waals surface area (Å²) in [5.41, 5.74) is 0.600. The van der Waals surface area contributed by atoms with Gasteiger partial charge >= 0.3 is 0 Å². The van der Waals surface area contributed by atoms with Crippen LogP contribution in [0.25, 0.3) is 0 Å². The summed E-state index contributed by atoms with van der Waals surface area (Å²) in [4.78, 5) is 20.0. The summed E-state index contributed by atoms with van der Waals surface area (Å²) in [6.07, 6.45) is 7.33. The number of aromatic nitrogens is 3. The molecular formula is C21H28N4O3. The Labute approximate surface area is 165 Å². The van der Waals surface area contributed by atoms with Crippen LogP contribution in [0.15, 0.2) is 24.5 Å². The van der Waals surface area contributed by atoms with Crippen LogP contribution >= 0.6 is 0 Å². The largest absolute Gasteiger partial charge is 0.493 e. The summed E-state index contributed by atoms with van der Waals surface area (Å²) >= 11 is 0. The second-order valence-corrected chi connectivity index (χ2v) is 7.80. The van der Waals surface area contributed by atoms with Crippen LogP contribution in [0.4, 0.5) is 0 Å². The highest BCUT2D eigenvalue weighted by atomic mass is 16.5. The van der Waals surface area contributed by atoms with Crippen LogP contribution in [0.2, 0.25) is 0 Å². The van der Waals surface area contributed by atoms with E-state index in [2.05, 4.69) is 20.1 Å². The van der Waals surface area contributed by atoms with Crippen LogP contribution in [0, 0.1) is 0 Å². The van der Waals surface area contributed by atoms with E-state index in [4.69, 9.17) is 9.47 Å². The van der Waals surface area contributed by atoms with Crippen LogP contribution < -0.4 is 9.47 Å². The van der Waals surface area contributed by atoms with Gasteiger partial charge in [-0.2, -0.15) is 5.10 Å². The molecule has 7 heteroatoms. The molecule has 0 spiro atoms. The van der Waals surface area contributed by atoms with Crippen LogP contribution in [0.3, 0.4) is 0 Å². The molecule has 4 rings (SSSR count). The monoisotopic (exact) mass is 384 g/mol. The molecule has 1 aliphatic carbocycles. The Kier molecular flexibility index (Phi) is 5.24. The molecule has 0 atom stereocenters. The highest BCUT2D eigenvalue weighted by Gasteiger charge is 2.46. The molecular weight excluding hydrogens is 356 g/mol. The van der Waals surface area contributed by atoms with Gasteiger partial charge in [0.2, 0.25) is 5.91 Å². The van der Waals surface area contributed by atoms with E-state index in [9.17, 15) is 4.79 Å². The highest BCUT2D eigenvalue weighted by Crippen LogP contribution is 2.45. The fraction of sp³-hybridized carbons (Fsp3) is 0.571. The van der Waals surface area contributed by atoms with Crippen molar-refractivity contribution in [2.24, 2.45) is 0 Å². The maximum Gasteiger partial charge on any atom is 0.233 e. The molecule has 0 bridgehead atoms. The predicted molar refractivity (Wildman–Crippen MR) is 105 cm³/mol. The zero-order valence-electron chi connectivity index (χ0n) is 16.6. The van der Waals surface area contributed by atoms with E-state index in [1.54, 1.807) is 20.5 Å². The second-order valence-electron chi connectivity index (χ2n) is 7.80. The molecule has 1 saturated carbocycles. The summed E-state index contributed by atoms with van der Waals surface area (Å²) in [5.74, 6) is 2.92. The Hall–Kier alpha value is -2.57. The number of hydrogen-bond acceptors (Lipinski definition) is 5. The summed E-state index contributed by atoms with van der Waals surface area (Å²) in [5, 5.41) is 6.93. The molecule has 2 heterocycles. The Morgan fingerprint density at radius 2 is 1.86 bits per heavy atom. The number of nitrogens with zero attached hydrogens (tertiary/aromatic N) is 3. The van der Waals surface area contributed by atoms with Crippen molar-refractivity contribution < 1.29 is 14.3 Å². The molecule has 1 amide bonds. The first-order chi connectivity index (χ1) is 13.7. The van der Waals surface area contributed by atoms with Gasteiger partial charge in [0, 0.05) is 19.0 Å². The van der Waals surface area contributed by atoms with Gasteiger partial charge in [-0.1, -0.05) is 18.9 Å². The molecule has 0 unspecified atom stereocenters. The third kappa shape index (κ3) is 3.23. The number of hydrogen-bond donors (Lipinski definition) is 1. The van der Waals surface area contributed by atoms with Gasteiger partial charge < -0.3 is 14.4 Å². The first-order valence-electron chi connectivity index (χ1n) is 10.0. The van der Waals surface area contributed by atoms with Crippen molar-refractivity contribution in [3.05, 3.63) is 35.9 Å². The standard InChI is InChI=1S/C21H28N4O3/c1-27-17-6-5-16(13-18(17)28-2)21(9-3-4-10-21)20(26)25-11-7-15(8-12-25)19-22-14-23-24-19/h5-6,13-15H,3-4,7-12H2,1-2H3,(H,22,23,24). The molecule has 2 aliphatic rings. The van der Waals surface area contributed by atoms with E-state index in [1.807, 2.05) is 18.2 Å². The minimum atomic E-state index is -0.446. The van der Waals surface area contributed by atoms with Crippen molar-refractivity contribution in [3.8, 4) is 11.5 Å². The smallest absolute Gasteiger partial charge is 0.233 e. The number of methoxy groups -OCH3 is 2. The third-order valence-corrected chi connectivity index (χ3v) is 6.41. The summed E-state index contributed by atoms with van der Waals surface area (Å²) in [7, 11) is 3.27. The van der Waals surface area contributed by atoms with Gasteiger partial charge in [-0.25, -0.2) is 4.98 Å². The van der Waals surface area contributed by atoms with Crippen molar-refractivity contribution >= 4 is 5.91 Å². The van der Waals surface area contributed by atoms with E-state index in [1.165, 1.54) is 0 Å². The van der Waals surface area contributed by atoms with Gasteiger partial charge in [-0.15, -0.1) is 0 Å². The number of piperidine rings is 1. The number of H-pyrrole nitrogens is 1. The Bertz CT molecular complexity index is 807. The van der Waals surface area contributed by atoms with Crippen molar-refractivity contribution in [2.75, 3.05) is 27.3 Å². The van der Waals surface area contributed by atoms with Crippen LogP contribution in [0.5, 0.6) is 11.5 Å². The van der Waals surface area contributed by atoms with Crippen molar-refractivity contribution in [2.45, 2.75) is 49.9 Å². The molecule has 0 radical (unpaired) electrons. The van der Waals surface area contributed by atoms with Crippen LogP contribution in [-0.2, 0) is 10.2 Å². The van der Waals surface area contributed by atoms with Crippen molar-refractivity contribution in [1.82, 2.24) is 20.1 Å². The molecule has 7 nitrogen and oxygen atoms in total. The minimum absolute atomic E-state index is 0.258. The quantitative estimate of drug-likeness (QED) is 0.857. The minimum Gasteiger partial charge on any atom is -0.493 e. The predicted octanol–water partition coefficient (Wildman–Crippen LogP) is 3.04. The zero-order chi connectivity index (χ0) is 19.6. The lowest BCUT2D eigenvalue weighted by Gasteiger charge is -2.38. The maximum atomic E-state index is 13.7. The molecule has 1 aliphatic heterocycles. The first kappa shape index (κ1) is 18.8. The number of likely N-dealkylation sites (tertiary alicyclic amines) is 1. The molecule has 28 heavy (non-hydrogen) atoms. The number of ether oxygens (including phenoxy) is 2. The van der Waals surface area contributed by atoms with Gasteiger partial charge in [-0.3, -0.25) is 9.89 Å². The zero-order valence-corrected chi connectivity index (χ0v) is 16.6. The van der Waals surface area contributed by atoms with Gasteiger partial charge in [0.05, 0.1) is 19.6 Å². The van der Waals surface area contributed by atoms with Crippen molar-refractivity contribution in [1.29, 1.82) is 0 Å². The molecule has 2 aromatic rings. The fourth-order valence-electron chi connectivity index (χ4n) is 4.81. The van der Waals surface area contributed by atoms with E-state index in [-0.39, 0.29) is 5.91 Å². The number of nitrogens with one attached hydrogen (secondary N) is 1. The molecule has 1 aromatic heterocycles. The summed E-state index contributed by atoms with van der Waals surface area (Å²) in [6, 6.07) is 5.94. The number of carbonyl (C=O) groups excluding carboxylic acids is 1. The lowest BCUT2D eigenvalue weighted by Crippen LogP contribution is -2.48. The highest BCUT2D eigenvalue weighted by molar-refractivity contribution is 5.89. The summed E-state index contributed by atoms with van der Waals surface area (Å²) in [6.45, 7) is 1.53. The van der Waals surface area contributed by atoms with E-state index < -0.39 is 5.41 Å². The number of rotatable bonds is 5. The topological polar surface area (TPSA) is 80.3 Å². The molecule has 1 saturated heterocycles. The van der Waals surface area contributed by atoms with Crippen LogP contribution in [0.1, 0.15) is 55.8 Å². The third-order valence-electron chi connectivity index (χ3n) is 6.41. The molecule has 1 N–H and O–H groups in total. The Balaban J connectivity index is 1.55. The normalized spacial score (nSPS) is 19.6. The van der Waals surface area contributed by atoms with Gasteiger partial charge in [-0.05, 0) is 43.4 Å². The van der Waals surface area contributed by atoms with Gasteiger partial charge in [0.25, 0.3) is 0 Å². The molecule has 150 valence electrons. The molecule has 1 aromatic carbocycles. The summed E-state index contributed by atoms with van der Waals surface area (Å²) < 4.78 is 10.9. The van der Waals surface area contributed by atoms with E-state index in [0.29, 0.717) is 17.4 Å². The van der Waals surface area contributed by atoms with E-state index >= 15 is 0 Å². The lowest BCUT2D eigenvalue weighted by molar-refractivity contribution is -0.138. The Morgan fingerprint density at radius 3 is 2.46 bits per heavy atom. The van der Waals surface area contributed by atoms with Gasteiger partial charge in [0.15, 0.2) is 11.5 Å². The fourth-order valence-corrected chi connectivity index (χ4v) is 4.81. The first-order valence-corrected chi connectivity index (χ1v) is 10.0. The SMILES string of the molecule is COc1ccc(C2(C(=O)N3CCC(c4ncn[nH]4)CC3)CCCC2)cc1OC. The number of carbonyl (C=O) groups is 1. The lowest BCUT2D eigenvalue weighted by atomic mass is 9.76. The average molecular weight is 384 g/mol. The maximum absolute atomic E-state index is 13.7. The number of benzene rings is 1. The van der Waals surface area contributed by atoms with Crippen molar-refractivity contribution in [3.63, 3.8) is 0 Å². The van der Waals surface area contributed by atoms with Crippen LogP contribution in [-0.4, -0.2) is 53.3 Å². The molecule has 2 fully saturated rings. The van der Waals surface area contributed by atoms with Gasteiger partial charge in [0.1, 0.15) is 12.2 Å². The second kappa shape index (κ2) is 7.81. The number of amides is 1. The number of aromatic amines is 1. The average Bonchev–Trinajstić information content (AvgIpc) is 3.45. The van der Waals surface area contributed by atoms with E-state index in [0.717, 1.165) is 63.0 Å².